The number of aromatic nitrogens is 5. The van der Waals surface area contributed by atoms with Crippen LogP contribution in [0.4, 0.5) is 5.82 Å². The monoisotopic (exact) mass is 285 g/mol. The first-order valence-corrected chi connectivity index (χ1v) is 7.16. The summed E-state index contributed by atoms with van der Waals surface area (Å²) in [5.74, 6) is 0.574. The second kappa shape index (κ2) is 7.33. The zero-order chi connectivity index (χ0) is 15.1. The molecular weight excluding hydrogens is 266 g/mol. The summed E-state index contributed by atoms with van der Waals surface area (Å²) in [7, 11) is 0. The van der Waals surface area contributed by atoms with Crippen LogP contribution in [0.15, 0.2) is 12.4 Å². The standard InChI is InChI=1S/C14H19N7/c1-3-11-12(10-15)14(19-18-13(11)4-2)16-6-5-8-21-9-7-17-20-21/h7,9H,3-6,8H2,1-2H3,(H,16,19). The summed E-state index contributed by atoms with van der Waals surface area (Å²) in [6.45, 7) is 5.54. The molecular formula is C14H19N7. The van der Waals surface area contributed by atoms with Crippen LogP contribution in [-0.2, 0) is 19.4 Å². The van der Waals surface area contributed by atoms with Crippen LogP contribution in [0.2, 0.25) is 0 Å². The lowest BCUT2D eigenvalue weighted by atomic mass is 10.0. The van der Waals surface area contributed by atoms with Gasteiger partial charge < -0.3 is 5.32 Å². The van der Waals surface area contributed by atoms with Gasteiger partial charge in [0.15, 0.2) is 5.82 Å². The van der Waals surface area contributed by atoms with E-state index in [2.05, 4.69) is 31.9 Å². The molecule has 2 rings (SSSR count). The molecule has 0 radical (unpaired) electrons. The molecule has 0 bridgehead atoms. The van der Waals surface area contributed by atoms with Crippen molar-refractivity contribution in [2.45, 2.75) is 39.7 Å². The first kappa shape index (κ1) is 14.9. The number of nitrogens with one attached hydrogen (secondary N) is 1. The molecule has 0 amide bonds. The number of nitriles is 1. The largest absolute Gasteiger partial charge is 0.367 e. The summed E-state index contributed by atoms with van der Waals surface area (Å²) < 4.78 is 1.77. The van der Waals surface area contributed by atoms with Gasteiger partial charge in [0.2, 0.25) is 0 Å². The van der Waals surface area contributed by atoms with Crippen molar-refractivity contribution in [3.63, 3.8) is 0 Å². The van der Waals surface area contributed by atoms with Gasteiger partial charge in [-0.15, -0.1) is 10.2 Å². The van der Waals surface area contributed by atoms with E-state index in [1.807, 2.05) is 20.0 Å². The third-order valence-electron chi connectivity index (χ3n) is 3.29. The van der Waals surface area contributed by atoms with E-state index in [4.69, 9.17) is 0 Å². The molecule has 21 heavy (non-hydrogen) atoms. The molecule has 0 atom stereocenters. The van der Waals surface area contributed by atoms with Crippen molar-refractivity contribution < 1.29 is 0 Å². The van der Waals surface area contributed by atoms with Gasteiger partial charge in [-0.1, -0.05) is 19.1 Å². The molecule has 0 spiro atoms. The number of hydrogen-bond acceptors (Lipinski definition) is 6. The summed E-state index contributed by atoms with van der Waals surface area (Å²) >= 11 is 0. The lowest BCUT2D eigenvalue weighted by molar-refractivity contribution is 0.569. The van der Waals surface area contributed by atoms with Crippen molar-refractivity contribution in [2.24, 2.45) is 0 Å². The van der Waals surface area contributed by atoms with E-state index in [1.165, 1.54) is 0 Å². The van der Waals surface area contributed by atoms with Crippen LogP contribution in [-0.4, -0.2) is 31.7 Å². The third kappa shape index (κ3) is 3.54. The van der Waals surface area contributed by atoms with Crippen molar-refractivity contribution in [2.75, 3.05) is 11.9 Å². The Balaban J connectivity index is 2.01. The number of anilines is 1. The minimum atomic E-state index is 0.574. The summed E-state index contributed by atoms with van der Waals surface area (Å²) in [5.41, 5.74) is 2.51. The smallest absolute Gasteiger partial charge is 0.166 e. The first-order valence-electron chi connectivity index (χ1n) is 7.16. The highest BCUT2D eigenvalue weighted by atomic mass is 15.4. The van der Waals surface area contributed by atoms with Gasteiger partial charge in [-0.3, -0.25) is 4.68 Å². The molecule has 7 nitrogen and oxygen atoms in total. The highest BCUT2D eigenvalue weighted by molar-refractivity contribution is 5.56. The molecule has 0 aliphatic carbocycles. The average molecular weight is 285 g/mol. The zero-order valence-electron chi connectivity index (χ0n) is 12.4. The Kier molecular flexibility index (Phi) is 5.21. The Morgan fingerprint density at radius 3 is 2.76 bits per heavy atom. The Hall–Kier alpha value is -2.49. The fourth-order valence-corrected chi connectivity index (χ4v) is 2.22. The Labute approximate surface area is 124 Å². The van der Waals surface area contributed by atoms with Gasteiger partial charge in [-0.05, 0) is 24.8 Å². The van der Waals surface area contributed by atoms with Gasteiger partial charge >= 0.3 is 0 Å². The van der Waals surface area contributed by atoms with E-state index in [9.17, 15) is 5.26 Å². The van der Waals surface area contributed by atoms with Gasteiger partial charge in [-0.2, -0.15) is 10.4 Å². The maximum Gasteiger partial charge on any atom is 0.166 e. The van der Waals surface area contributed by atoms with E-state index >= 15 is 0 Å². The van der Waals surface area contributed by atoms with Gasteiger partial charge in [0.25, 0.3) is 0 Å². The van der Waals surface area contributed by atoms with Crippen LogP contribution in [0.25, 0.3) is 0 Å². The minimum absolute atomic E-state index is 0.574. The van der Waals surface area contributed by atoms with Crippen molar-refractivity contribution in [1.29, 1.82) is 5.26 Å². The number of nitrogens with zero attached hydrogens (tertiary/aromatic N) is 6. The highest BCUT2D eigenvalue weighted by Gasteiger charge is 2.13. The molecule has 7 heteroatoms. The van der Waals surface area contributed by atoms with Crippen molar-refractivity contribution >= 4 is 5.82 Å². The molecule has 110 valence electrons. The third-order valence-corrected chi connectivity index (χ3v) is 3.29. The van der Waals surface area contributed by atoms with Crippen LogP contribution in [0.3, 0.4) is 0 Å². The molecule has 0 aliphatic rings. The van der Waals surface area contributed by atoms with Crippen LogP contribution >= 0.6 is 0 Å². The molecule has 0 fully saturated rings. The summed E-state index contributed by atoms with van der Waals surface area (Å²) in [4.78, 5) is 0. The molecule has 2 heterocycles. The van der Waals surface area contributed by atoms with Crippen LogP contribution in [0, 0.1) is 11.3 Å². The molecule has 0 unspecified atom stereocenters. The zero-order valence-corrected chi connectivity index (χ0v) is 12.4. The Bertz CT molecular complexity index is 613. The van der Waals surface area contributed by atoms with Crippen molar-refractivity contribution in [3.05, 3.63) is 29.2 Å². The Morgan fingerprint density at radius 1 is 1.29 bits per heavy atom. The molecule has 1 N–H and O–H groups in total. The topological polar surface area (TPSA) is 92.3 Å². The van der Waals surface area contributed by atoms with Gasteiger partial charge in [0.05, 0.1) is 11.9 Å². The van der Waals surface area contributed by atoms with Gasteiger partial charge in [-0.25, -0.2) is 0 Å². The summed E-state index contributed by atoms with van der Waals surface area (Å²) in [6.07, 6.45) is 5.93. The first-order chi connectivity index (χ1) is 10.3. The summed E-state index contributed by atoms with van der Waals surface area (Å²) in [6, 6.07) is 2.25. The van der Waals surface area contributed by atoms with E-state index in [-0.39, 0.29) is 0 Å². The maximum absolute atomic E-state index is 9.38. The normalized spacial score (nSPS) is 10.3. The SMILES string of the molecule is CCc1nnc(NCCCn2ccnn2)c(C#N)c1CC. The van der Waals surface area contributed by atoms with E-state index in [1.54, 1.807) is 10.9 Å². The van der Waals surface area contributed by atoms with Crippen LogP contribution in [0.1, 0.15) is 37.1 Å². The minimum Gasteiger partial charge on any atom is -0.367 e. The fourth-order valence-electron chi connectivity index (χ4n) is 2.22. The second-order valence-electron chi connectivity index (χ2n) is 4.61. The average Bonchev–Trinajstić information content (AvgIpc) is 3.03. The van der Waals surface area contributed by atoms with E-state index < -0.39 is 0 Å². The van der Waals surface area contributed by atoms with E-state index in [0.717, 1.165) is 37.1 Å². The quantitative estimate of drug-likeness (QED) is 0.776. The molecule has 2 aromatic heterocycles. The lowest BCUT2D eigenvalue weighted by Gasteiger charge is -2.11. The molecule has 0 saturated heterocycles. The van der Waals surface area contributed by atoms with Crippen LogP contribution in [0.5, 0.6) is 0 Å². The maximum atomic E-state index is 9.38. The van der Waals surface area contributed by atoms with Crippen LogP contribution < -0.4 is 5.32 Å². The van der Waals surface area contributed by atoms with Crippen molar-refractivity contribution in [1.82, 2.24) is 25.2 Å². The summed E-state index contributed by atoms with van der Waals surface area (Å²) in [5, 5.41) is 28.6. The predicted molar refractivity (Wildman–Crippen MR) is 78.6 cm³/mol. The number of hydrogen-bond donors (Lipinski definition) is 1. The Morgan fingerprint density at radius 2 is 2.14 bits per heavy atom. The molecule has 0 aromatic carbocycles. The highest BCUT2D eigenvalue weighted by Crippen LogP contribution is 2.19. The molecule has 0 aliphatic heterocycles. The van der Waals surface area contributed by atoms with Crippen molar-refractivity contribution in [3.8, 4) is 6.07 Å². The number of rotatable bonds is 7. The van der Waals surface area contributed by atoms with Gasteiger partial charge in [0.1, 0.15) is 11.6 Å². The fraction of sp³-hybridized carbons (Fsp3) is 0.500. The van der Waals surface area contributed by atoms with E-state index in [0.29, 0.717) is 17.9 Å². The lowest BCUT2D eigenvalue weighted by Crippen LogP contribution is -2.12. The predicted octanol–water partition coefficient (Wildman–Crippen LogP) is 1.57. The van der Waals surface area contributed by atoms with Gasteiger partial charge in [0, 0.05) is 19.3 Å². The molecule has 2 aromatic rings. The molecule has 0 saturated carbocycles. The number of aryl methyl sites for hydroxylation is 2. The second-order valence-corrected chi connectivity index (χ2v) is 4.61.